The largest absolute Gasteiger partial charge is 0.480 e. The summed E-state index contributed by atoms with van der Waals surface area (Å²) in [6.45, 7) is 3.06. The molecule has 1 aliphatic heterocycles. The molecule has 2 aromatic carbocycles. The zero-order chi connectivity index (χ0) is 22.9. The third-order valence-corrected chi connectivity index (χ3v) is 5.46. The number of amides is 4. The van der Waals surface area contributed by atoms with Gasteiger partial charge in [0, 0.05) is 9.13 Å². The number of aryl methyl sites for hydroxylation is 2. The van der Waals surface area contributed by atoms with Gasteiger partial charge < -0.3 is 9.84 Å². The molecule has 4 amide bonds. The van der Waals surface area contributed by atoms with Gasteiger partial charge in [0.15, 0.2) is 6.61 Å². The second-order valence-corrected chi connectivity index (χ2v) is 8.89. The lowest BCUT2D eigenvalue weighted by Gasteiger charge is -2.27. The predicted molar refractivity (Wildman–Crippen MR) is 125 cm³/mol. The van der Waals surface area contributed by atoms with E-state index >= 15 is 0 Å². The summed E-state index contributed by atoms with van der Waals surface area (Å²) in [6, 6.07) is 7.72. The van der Waals surface area contributed by atoms with Crippen LogP contribution in [0.3, 0.4) is 0 Å². The van der Waals surface area contributed by atoms with Crippen LogP contribution in [0, 0.1) is 17.4 Å². The first kappa shape index (κ1) is 22.9. The highest BCUT2D eigenvalue weighted by atomic mass is 127. The van der Waals surface area contributed by atoms with E-state index in [0.717, 1.165) is 19.6 Å². The van der Waals surface area contributed by atoms with Crippen LogP contribution in [0.5, 0.6) is 5.75 Å². The fourth-order valence-corrected chi connectivity index (χ4v) is 4.77. The van der Waals surface area contributed by atoms with Gasteiger partial charge >= 0.3 is 12.0 Å². The Bertz CT molecular complexity index is 1140. The van der Waals surface area contributed by atoms with Crippen LogP contribution in [0.15, 0.2) is 40.4 Å². The number of nitrogens with one attached hydrogen (secondary N) is 1. The Morgan fingerprint density at radius 3 is 2.42 bits per heavy atom. The van der Waals surface area contributed by atoms with Gasteiger partial charge in [0.1, 0.15) is 11.3 Å². The fourth-order valence-electron chi connectivity index (χ4n) is 3.10. The molecule has 3 rings (SSSR count). The SMILES string of the molecule is Cc1cc(C)cc(N2C(=O)NC(=O)/C(=C\c3cc(I)cc(Br)c3OCC(=O)O)C2=O)c1. The van der Waals surface area contributed by atoms with Crippen molar-refractivity contribution in [2.24, 2.45) is 0 Å². The van der Waals surface area contributed by atoms with Gasteiger partial charge in [-0.3, -0.25) is 14.9 Å². The molecule has 10 heteroatoms. The van der Waals surface area contributed by atoms with Gasteiger partial charge in [-0.05, 0) is 93.8 Å². The molecule has 0 bridgehead atoms. The molecule has 1 heterocycles. The summed E-state index contributed by atoms with van der Waals surface area (Å²) in [6.07, 6.45) is 1.28. The first-order valence-electron chi connectivity index (χ1n) is 8.90. The second kappa shape index (κ2) is 9.18. The number of imide groups is 2. The Kier molecular flexibility index (Phi) is 6.80. The van der Waals surface area contributed by atoms with E-state index in [9.17, 15) is 19.2 Å². The number of nitrogens with zero attached hydrogens (tertiary/aromatic N) is 1. The quantitative estimate of drug-likeness (QED) is 0.308. The minimum absolute atomic E-state index is 0.158. The van der Waals surface area contributed by atoms with Crippen molar-refractivity contribution in [2.75, 3.05) is 11.5 Å². The number of halogens is 2. The number of urea groups is 1. The van der Waals surface area contributed by atoms with Crippen molar-refractivity contribution in [1.82, 2.24) is 5.32 Å². The van der Waals surface area contributed by atoms with E-state index in [4.69, 9.17) is 9.84 Å². The van der Waals surface area contributed by atoms with Crippen molar-refractivity contribution >= 4 is 74.1 Å². The molecule has 0 aliphatic carbocycles. The molecule has 0 radical (unpaired) electrons. The molecular formula is C21H16BrIN2O6. The highest BCUT2D eigenvalue weighted by Crippen LogP contribution is 2.34. The van der Waals surface area contributed by atoms with Crippen molar-refractivity contribution in [3.63, 3.8) is 0 Å². The molecular weight excluding hydrogens is 583 g/mol. The highest BCUT2D eigenvalue weighted by molar-refractivity contribution is 14.1. The molecule has 1 saturated heterocycles. The van der Waals surface area contributed by atoms with Gasteiger partial charge in [-0.1, -0.05) is 6.07 Å². The Hall–Kier alpha value is -2.73. The van der Waals surface area contributed by atoms with Crippen molar-refractivity contribution in [2.45, 2.75) is 13.8 Å². The molecule has 8 nitrogen and oxygen atoms in total. The van der Waals surface area contributed by atoms with Crippen molar-refractivity contribution < 1.29 is 29.0 Å². The van der Waals surface area contributed by atoms with Crippen molar-refractivity contribution in [1.29, 1.82) is 0 Å². The van der Waals surface area contributed by atoms with Gasteiger partial charge in [-0.2, -0.15) is 0 Å². The average molecular weight is 599 g/mol. The number of aliphatic carboxylic acids is 1. The number of barbiturate groups is 1. The van der Waals surface area contributed by atoms with Gasteiger partial charge in [-0.15, -0.1) is 0 Å². The monoisotopic (exact) mass is 598 g/mol. The van der Waals surface area contributed by atoms with Crippen LogP contribution >= 0.6 is 38.5 Å². The van der Waals surface area contributed by atoms with Crippen molar-refractivity contribution in [3.8, 4) is 5.75 Å². The Morgan fingerprint density at radius 2 is 1.81 bits per heavy atom. The van der Waals surface area contributed by atoms with Crippen molar-refractivity contribution in [3.05, 3.63) is 60.6 Å². The molecule has 1 fully saturated rings. The number of hydrogen-bond donors (Lipinski definition) is 2. The topological polar surface area (TPSA) is 113 Å². The molecule has 31 heavy (non-hydrogen) atoms. The van der Waals surface area contributed by atoms with Gasteiger partial charge in [0.25, 0.3) is 11.8 Å². The number of carboxylic acid groups (broad SMARTS) is 1. The second-order valence-electron chi connectivity index (χ2n) is 6.79. The lowest BCUT2D eigenvalue weighted by Crippen LogP contribution is -2.54. The number of ether oxygens (including phenoxy) is 1. The first-order valence-corrected chi connectivity index (χ1v) is 10.8. The number of benzene rings is 2. The summed E-state index contributed by atoms with van der Waals surface area (Å²) in [7, 11) is 0. The average Bonchev–Trinajstić information content (AvgIpc) is 2.63. The van der Waals surface area contributed by atoms with Gasteiger partial charge in [0.05, 0.1) is 10.2 Å². The standard InChI is InChI=1S/C21H16BrIN2O6/c1-10-3-11(2)5-14(4-10)25-20(29)15(19(28)24-21(25)30)7-12-6-13(23)8-16(22)18(12)31-9-17(26)27/h3-8H,9H2,1-2H3,(H,26,27)(H,24,28,30)/b15-7+. The van der Waals surface area contributed by atoms with E-state index in [1.54, 1.807) is 24.3 Å². The number of rotatable bonds is 5. The van der Waals surface area contributed by atoms with E-state index in [1.807, 2.05) is 42.5 Å². The lowest BCUT2D eigenvalue weighted by atomic mass is 10.0. The van der Waals surface area contributed by atoms with Gasteiger partial charge in [0.2, 0.25) is 0 Å². The summed E-state index contributed by atoms with van der Waals surface area (Å²) in [4.78, 5) is 49.9. The number of anilines is 1. The van der Waals surface area contributed by atoms with Crippen LogP contribution in [-0.2, 0) is 14.4 Å². The molecule has 0 unspecified atom stereocenters. The maximum absolute atomic E-state index is 13.1. The van der Waals surface area contributed by atoms with Gasteiger partial charge in [-0.25, -0.2) is 14.5 Å². The Morgan fingerprint density at radius 1 is 1.16 bits per heavy atom. The van der Waals surface area contributed by atoms with Crippen LogP contribution in [0.2, 0.25) is 0 Å². The third-order valence-electron chi connectivity index (χ3n) is 4.24. The zero-order valence-electron chi connectivity index (χ0n) is 16.4. The third kappa shape index (κ3) is 5.13. The van der Waals surface area contributed by atoms with E-state index in [0.29, 0.717) is 15.7 Å². The number of carboxylic acids is 1. The molecule has 2 N–H and O–H groups in total. The Balaban J connectivity index is 2.09. The smallest absolute Gasteiger partial charge is 0.341 e. The van der Waals surface area contributed by atoms with Crippen LogP contribution < -0.4 is 15.0 Å². The first-order chi connectivity index (χ1) is 14.6. The Labute approximate surface area is 199 Å². The summed E-state index contributed by atoms with van der Waals surface area (Å²) in [5.41, 5.74) is 2.07. The normalized spacial score (nSPS) is 15.3. The molecule has 0 spiro atoms. The maximum atomic E-state index is 13.1. The van der Waals surface area contributed by atoms with Crippen LogP contribution in [0.25, 0.3) is 6.08 Å². The number of carbonyl (C=O) groups excluding carboxylic acids is 3. The lowest BCUT2D eigenvalue weighted by molar-refractivity contribution is -0.139. The molecule has 0 atom stereocenters. The summed E-state index contributed by atoms with van der Waals surface area (Å²) >= 11 is 5.35. The van der Waals surface area contributed by atoms with Crippen LogP contribution in [-0.4, -0.2) is 35.5 Å². The van der Waals surface area contributed by atoms with E-state index in [-0.39, 0.29) is 11.3 Å². The fraction of sp³-hybridized carbons (Fsp3) is 0.143. The van der Waals surface area contributed by atoms with E-state index in [2.05, 4.69) is 21.2 Å². The minimum Gasteiger partial charge on any atom is -0.480 e. The summed E-state index contributed by atoms with van der Waals surface area (Å²) < 4.78 is 6.55. The zero-order valence-corrected chi connectivity index (χ0v) is 20.1. The molecule has 2 aromatic rings. The number of carbonyl (C=O) groups is 4. The molecule has 1 aliphatic rings. The van der Waals surface area contributed by atoms with Crippen LogP contribution in [0.4, 0.5) is 10.5 Å². The maximum Gasteiger partial charge on any atom is 0.341 e. The van der Waals surface area contributed by atoms with E-state index in [1.165, 1.54) is 6.08 Å². The minimum atomic E-state index is -1.18. The highest BCUT2D eigenvalue weighted by Gasteiger charge is 2.37. The molecule has 160 valence electrons. The summed E-state index contributed by atoms with van der Waals surface area (Å²) in [5, 5.41) is 11.1. The predicted octanol–water partition coefficient (Wildman–Crippen LogP) is 3.80. The molecule has 0 saturated carbocycles. The van der Waals surface area contributed by atoms with E-state index < -0.39 is 30.4 Å². The number of hydrogen-bond acceptors (Lipinski definition) is 5. The van der Waals surface area contributed by atoms with Crippen LogP contribution in [0.1, 0.15) is 16.7 Å². The summed E-state index contributed by atoms with van der Waals surface area (Å²) in [5.74, 6) is -2.67. The molecule has 0 aromatic heterocycles.